The topological polar surface area (TPSA) is 98.8 Å². The van der Waals surface area contributed by atoms with Gasteiger partial charge in [0.05, 0.1) is 0 Å². The van der Waals surface area contributed by atoms with Crippen LogP contribution in [0.5, 0.6) is 0 Å². The first-order valence-corrected chi connectivity index (χ1v) is 5.45. The normalized spacial score (nSPS) is 10.1. The van der Waals surface area contributed by atoms with Gasteiger partial charge in [-0.05, 0) is 0 Å². The molecule has 0 aliphatic heterocycles. The van der Waals surface area contributed by atoms with E-state index < -0.39 is 43.3 Å². The molecule has 0 rings (SSSR count). The Hall–Kier alpha value is -2.41. The van der Waals surface area contributed by atoms with E-state index in [0.29, 0.717) is 0 Å². The second kappa shape index (κ2) is 8.65. The van der Waals surface area contributed by atoms with Crippen molar-refractivity contribution in [3.05, 3.63) is 38.0 Å². The predicted molar refractivity (Wildman–Crippen MR) is 66.9 cm³/mol. The quantitative estimate of drug-likeness (QED) is 0.344. The van der Waals surface area contributed by atoms with Gasteiger partial charge in [0.25, 0.3) is 0 Å². The van der Waals surface area contributed by atoms with Crippen LogP contribution in [-0.2, 0) is 33.7 Å². The molecule has 0 aromatic rings. The number of ether oxygens (including phenoxy) is 3. The van der Waals surface area contributed by atoms with Crippen molar-refractivity contribution in [1.82, 2.24) is 0 Å². The third-order valence-corrected chi connectivity index (χ3v) is 1.93. The fraction of sp³-hybridized carbons (Fsp3) is 0.308. The van der Waals surface area contributed by atoms with Crippen molar-refractivity contribution in [2.45, 2.75) is 5.60 Å². The molecular formula is C13H15O7. The first-order valence-electron chi connectivity index (χ1n) is 5.45. The predicted octanol–water partition coefficient (Wildman–Crippen LogP) is 0.343. The maximum Gasteiger partial charge on any atom is 0.330 e. The summed E-state index contributed by atoms with van der Waals surface area (Å²) in [5.74, 6) is -2.47. The highest BCUT2D eigenvalue weighted by Crippen LogP contribution is 2.10. The average Bonchev–Trinajstić information content (AvgIpc) is 2.47. The maximum atomic E-state index is 12.2. The third kappa shape index (κ3) is 7.12. The molecule has 20 heavy (non-hydrogen) atoms. The summed E-state index contributed by atoms with van der Waals surface area (Å²) in [5.41, 5.74) is -2.13. The van der Waals surface area contributed by atoms with Crippen molar-refractivity contribution in [3.63, 3.8) is 0 Å². The van der Waals surface area contributed by atoms with Crippen LogP contribution in [0.1, 0.15) is 0 Å². The van der Waals surface area contributed by atoms with E-state index >= 15 is 0 Å². The number of carbonyl (C=O) groups is 3. The maximum absolute atomic E-state index is 12.2. The average molecular weight is 283 g/mol. The second-order valence-electron chi connectivity index (χ2n) is 3.62. The molecule has 0 aromatic heterocycles. The van der Waals surface area contributed by atoms with Gasteiger partial charge in [0.1, 0.15) is 19.8 Å². The van der Waals surface area contributed by atoms with E-state index in [1.54, 1.807) is 0 Å². The van der Waals surface area contributed by atoms with Crippen LogP contribution in [0.15, 0.2) is 38.0 Å². The van der Waals surface area contributed by atoms with Crippen molar-refractivity contribution < 1.29 is 33.7 Å². The number of esters is 3. The standard InChI is InChI=1S/C13H15O7/c1-4-10(14)18-7-13(17,8-19-11(15)5-2)9-20-12(16)6-3/h4-6H,1-3,7-9H2. The summed E-state index contributed by atoms with van der Waals surface area (Å²) in [4.78, 5) is 32.8. The highest BCUT2D eigenvalue weighted by molar-refractivity contribution is 5.82. The fourth-order valence-electron chi connectivity index (χ4n) is 0.910. The van der Waals surface area contributed by atoms with Crippen LogP contribution in [-0.4, -0.2) is 43.3 Å². The molecule has 0 bridgehead atoms. The molecule has 0 heterocycles. The summed E-state index contributed by atoms with van der Waals surface area (Å²) in [6.07, 6.45) is 2.60. The van der Waals surface area contributed by atoms with Crippen LogP contribution >= 0.6 is 0 Å². The van der Waals surface area contributed by atoms with E-state index in [4.69, 9.17) is 0 Å². The largest absolute Gasteiger partial charge is 0.459 e. The summed E-state index contributed by atoms with van der Waals surface area (Å²) in [7, 11) is 0. The summed E-state index contributed by atoms with van der Waals surface area (Å²) in [6.45, 7) is 7.51. The molecule has 1 radical (unpaired) electrons. The van der Waals surface area contributed by atoms with Gasteiger partial charge in [-0.25, -0.2) is 19.5 Å². The third-order valence-electron chi connectivity index (χ3n) is 1.93. The first kappa shape index (κ1) is 17.6. The van der Waals surface area contributed by atoms with E-state index in [-0.39, 0.29) is 0 Å². The molecular weight excluding hydrogens is 268 g/mol. The Balaban J connectivity index is 4.63. The van der Waals surface area contributed by atoms with Gasteiger partial charge in [0.15, 0.2) is 0 Å². The summed E-state index contributed by atoms with van der Waals surface area (Å²) in [5, 5.41) is 12.2. The molecule has 0 aliphatic rings. The monoisotopic (exact) mass is 283 g/mol. The Morgan fingerprint density at radius 2 is 1.00 bits per heavy atom. The van der Waals surface area contributed by atoms with Gasteiger partial charge in [-0.2, -0.15) is 0 Å². The molecule has 0 saturated carbocycles. The Labute approximate surface area is 116 Å². The highest BCUT2D eigenvalue weighted by Gasteiger charge is 2.35. The van der Waals surface area contributed by atoms with Crippen LogP contribution in [0, 0.1) is 0 Å². The molecule has 0 N–H and O–H groups in total. The molecule has 0 spiro atoms. The molecule has 0 aromatic carbocycles. The number of hydrogen-bond acceptors (Lipinski definition) is 6. The Bertz CT molecular complexity index is 351. The minimum atomic E-state index is -2.13. The summed E-state index contributed by atoms with van der Waals surface area (Å²) in [6, 6.07) is 0. The van der Waals surface area contributed by atoms with Gasteiger partial charge in [-0.15, -0.1) is 0 Å². The lowest BCUT2D eigenvalue weighted by Gasteiger charge is -2.23. The van der Waals surface area contributed by atoms with Crippen LogP contribution < -0.4 is 0 Å². The molecule has 7 nitrogen and oxygen atoms in total. The van der Waals surface area contributed by atoms with Crippen molar-refractivity contribution in [1.29, 1.82) is 0 Å². The van der Waals surface area contributed by atoms with Gasteiger partial charge >= 0.3 is 17.9 Å². The van der Waals surface area contributed by atoms with Crippen molar-refractivity contribution in [2.24, 2.45) is 0 Å². The van der Waals surface area contributed by atoms with Gasteiger partial charge in [-0.3, -0.25) is 0 Å². The van der Waals surface area contributed by atoms with E-state index in [1.165, 1.54) is 0 Å². The molecule has 0 unspecified atom stereocenters. The van der Waals surface area contributed by atoms with E-state index in [2.05, 4.69) is 33.9 Å². The molecule has 0 amide bonds. The fourth-order valence-corrected chi connectivity index (χ4v) is 0.910. The Morgan fingerprint density at radius 3 is 1.20 bits per heavy atom. The zero-order valence-corrected chi connectivity index (χ0v) is 10.8. The van der Waals surface area contributed by atoms with Gasteiger partial charge in [0, 0.05) is 18.2 Å². The van der Waals surface area contributed by atoms with Gasteiger partial charge in [0.2, 0.25) is 5.60 Å². The number of rotatable bonds is 9. The van der Waals surface area contributed by atoms with Crippen LogP contribution in [0.2, 0.25) is 0 Å². The SMILES string of the molecule is C=CC(=O)OCC([O])(COC(=O)C=C)COC(=O)C=C. The van der Waals surface area contributed by atoms with E-state index in [1.807, 2.05) is 0 Å². The second-order valence-corrected chi connectivity index (χ2v) is 3.62. The van der Waals surface area contributed by atoms with Crippen LogP contribution in [0.3, 0.4) is 0 Å². The van der Waals surface area contributed by atoms with E-state index in [9.17, 15) is 19.5 Å². The van der Waals surface area contributed by atoms with E-state index in [0.717, 1.165) is 18.2 Å². The van der Waals surface area contributed by atoms with Gasteiger partial charge in [-0.1, -0.05) is 19.7 Å². The zero-order valence-electron chi connectivity index (χ0n) is 10.8. The Morgan fingerprint density at radius 1 is 0.750 bits per heavy atom. The minimum absolute atomic E-state index is 0.660. The number of hydrogen-bond donors (Lipinski definition) is 0. The minimum Gasteiger partial charge on any atom is -0.459 e. The summed E-state index contributed by atoms with van der Waals surface area (Å²) < 4.78 is 13.8. The highest BCUT2D eigenvalue weighted by atomic mass is 16.6. The van der Waals surface area contributed by atoms with Crippen molar-refractivity contribution in [2.75, 3.05) is 19.8 Å². The molecule has 0 aliphatic carbocycles. The lowest BCUT2D eigenvalue weighted by Crippen LogP contribution is -2.44. The number of carbonyl (C=O) groups excluding carboxylic acids is 3. The smallest absolute Gasteiger partial charge is 0.330 e. The van der Waals surface area contributed by atoms with Gasteiger partial charge < -0.3 is 14.2 Å². The first-order chi connectivity index (χ1) is 9.36. The van der Waals surface area contributed by atoms with Crippen molar-refractivity contribution in [3.8, 4) is 0 Å². The lowest BCUT2D eigenvalue weighted by atomic mass is 10.1. The Kier molecular flexibility index (Phi) is 7.61. The molecule has 7 heteroatoms. The summed E-state index contributed by atoms with van der Waals surface area (Å²) >= 11 is 0. The van der Waals surface area contributed by atoms with Crippen LogP contribution in [0.4, 0.5) is 0 Å². The molecule has 0 saturated heterocycles. The van der Waals surface area contributed by atoms with Crippen molar-refractivity contribution >= 4 is 17.9 Å². The lowest BCUT2D eigenvalue weighted by molar-refractivity contribution is -0.182. The molecule has 0 atom stereocenters. The van der Waals surface area contributed by atoms with Crippen LogP contribution in [0.25, 0.3) is 0 Å². The molecule has 109 valence electrons. The zero-order chi connectivity index (χ0) is 15.6. The molecule has 0 fully saturated rings.